The van der Waals surface area contributed by atoms with E-state index in [4.69, 9.17) is 11.6 Å². The van der Waals surface area contributed by atoms with Gasteiger partial charge in [-0.1, -0.05) is 15.9 Å². The molecule has 0 bridgehead atoms. The molecule has 9 heavy (non-hydrogen) atoms. The summed E-state index contributed by atoms with van der Waals surface area (Å²) in [5.74, 6) is 0.840. The molecule has 0 atom stereocenters. The van der Waals surface area contributed by atoms with Gasteiger partial charge >= 0.3 is 0 Å². The first kappa shape index (κ1) is 7.87. The van der Waals surface area contributed by atoms with E-state index in [0.29, 0.717) is 5.41 Å². The van der Waals surface area contributed by atoms with Crippen LogP contribution < -0.4 is 0 Å². The molecule has 0 heterocycles. The molecule has 54 valence electrons. The van der Waals surface area contributed by atoms with Gasteiger partial charge in [0.25, 0.3) is 0 Å². The highest BCUT2D eigenvalue weighted by molar-refractivity contribution is 9.09. The van der Waals surface area contributed by atoms with Gasteiger partial charge in [0.05, 0.1) is 0 Å². The van der Waals surface area contributed by atoms with Crippen LogP contribution in [-0.4, -0.2) is 11.2 Å². The van der Waals surface area contributed by atoms with Gasteiger partial charge in [0, 0.05) is 11.2 Å². The van der Waals surface area contributed by atoms with Gasteiger partial charge in [-0.3, -0.25) is 0 Å². The number of alkyl halides is 2. The first-order valence-corrected chi connectivity index (χ1v) is 5.10. The summed E-state index contributed by atoms with van der Waals surface area (Å²) >= 11 is 9.10. The van der Waals surface area contributed by atoms with E-state index in [1.807, 2.05) is 0 Å². The molecule has 0 aromatic rings. The predicted octanol–water partition coefficient (Wildman–Crippen LogP) is 3.18. The minimum Gasteiger partial charge on any atom is -0.127 e. The Kier molecular flexibility index (Phi) is 2.84. The van der Waals surface area contributed by atoms with Crippen molar-refractivity contribution < 1.29 is 0 Å². The molecule has 0 saturated heterocycles. The monoisotopic (exact) mass is 210 g/mol. The zero-order chi connectivity index (χ0) is 6.74. The Morgan fingerprint density at radius 3 is 2.33 bits per heavy atom. The summed E-state index contributed by atoms with van der Waals surface area (Å²) in [7, 11) is 0. The van der Waals surface area contributed by atoms with Crippen LogP contribution >= 0.6 is 27.5 Å². The Labute approximate surface area is 70.1 Å². The van der Waals surface area contributed by atoms with Crippen molar-refractivity contribution in [1.29, 1.82) is 0 Å². The lowest BCUT2D eigenvalue weighted by Gasteiger charge is -2.09. The summed E-state index contributed by atoms with van der Waals surface area (Å²) in [5, 5.41) is 1.14. The lowest BCUT2D eigenvalue weighted by Crippen LogP contribution is -2.01. The van der Waals surface area contributed by atoms with E-state index in [1.165, 1.54) is 25.7 Å². The zero-order valence-electron chi connectivity index (χ0n) is 5.50. The summed E-state index contributed by atoms with van der Waals surface area (Å²) < 4.78 is 0. The van der Waals surface area contributed by atoms with Crippen LogP contribution in [-0.2, 0) is 0 Å². The van der Waals surface area contributed by atoms with Crippen LogP contribution in [0.4, 0.5) is 0 Å². The van der Waals surface area contributed by atoms with Crippen molar-refractivity contribution in [2.24, 2.45) is 5.41 Å². The van der Waals surface area contributed by atoms with Gasteiger partial charge in [-0.25, -0.2) is 0 Å². The smallest absolute Gasteiger partial charge is 0.0228 e. The van der Waals surface area contributed by atoms with Crippen LogP contribution in [0, 0.1) is 5.41 Å². The molecule has 1 aliphatic carbocycles. The highest BCUT2D eigenvalue weighted by Crippen LogP contribution is 2.52. The molecule has 1 fully saturated rings. The maximum atomic E-state index is 5.65. The fourth-order valence-corrected chi connectivity index (χ4v) is 2.44. The number of hydrogen-bond donors (Lipinski definition) is 0. The van der Waals surface area contributed by atoms with Crippen molar-refractivity contribution in [3.8, 4) is 0 Å². The van der Waals surface area contributed by atoms with Crippen molar-refractivity contribution in [1.82, 2.24) is 0 Å². The normalized spacial score (nSPS) is 22.0. The molecular weight excluding hydrogens is 199 g/mol. The van der Waals surface area contributed by atoms with Crippen molar-refractivity contribution in [2.75, 3.05) is 11.2 Å². The standard InChI is InChI=1S/C7H12BrCl/c8-5-3-7(1-2-7)4-6-9/h1-6H2. The van der Waals surface area contributed by atoms with E-state index in [2.05, 4.69) is 15.9 Å². The van der Waals surface area contributed by atoms with Crippen molar-refractivity contribution in [3.63, 3.8) is 0 Å². The van der Waals surface area contributed by atoms with E-state index in [1.54, 1.807) is 0 Å². The number of halogens is 2. The molecule has 0 spiro atoms. The first-order chi connectivity index (χ1) is 4.33. The third kappa shape index (κ3) is 2.12. The van der Waals surface area contributed by atoms with Crippen molar-refractivity contribution in [2.45, 2.75) is 25.7 Å². The Hall–Kier alpha value is 0.770. The molecule has 0 radical (unpaired) electrons. The van der Waals surface area contributed by atoms with Gasteiger partial charge in [-0.15, -0.1) is 11.6 Å². The molecule has 0 aromatic heterocycles. The second-order valence-electron chi connectivity index (χ2n) is 2.88. The van der Waals surface area contributed by atoms with Gasteiger partial charge in [-0.2, -0.15) is 0 Å². The molecule has 0 N–H and O–H groups in total. The molecule has 1 rings (SSSR count). The fraction of sp³-hybridized carbons (Fsp3) is 1.00. The highest BCUT2D eigenvalue weighted by Gasteiger charge is 2.40. The molecule has 1 aliphatic rings. The third-order valence-corrected chi connectivity index (χ3v) is 2.79. The van der Waals surface area contributed by atoms with Gasteiger partial charge in [0.15, 0.2) is 0 Å². The van der Waals surface area contributed by atoms with E-state index in [0.717, 1.165) is 11.2 Å². The van der Waals surface area contributed by atoms with E-state index in [-0.39, 0.29) is 0 Å². The maximum absolute atomic E-state index is 5.65. The van der Waals surface area contributed by atoms with Crippen LogP contribution in [0.5, 0.6) is 0 Å². The van der Waals surface area contributed by atoms with Gasteiger partial charge < -0.3 is 0 Å². The van der Waals surface area contributed by atoms with E-state index >= 15 is 0 Å². The average molecular weight is 212 g/mol. The minimum absolute atomic E-state index is 0.672. The van der Waals surface area contributed by atoms with Gasteiger partial charge in [-0.05, 0) is 31.1 Å². The quantitative estimate of drug-likeness (QED) is 0.627. The van der Waals surface area contributed by atoms with Crippen LogP contribution in [0.1, 0.15) is 25.7 Å². The second kappa shape index (κ2) is 3.25. The lowest BCUT2D eigenvalue weighted by atomic mass is 10.0. The Balaban J connectivity index is 2.17. The molecular formula is C7H12BrCl. The molecule has 2 heteroatoms. The zero-order valence-corrected chi connectivity index (χ0v) is 7.84. The van der Waals surface area contributed by atoms with Crippen molar-refractivity contribution in [3.05, 3.63) is 0 Å². The van der Waals surface area contributed by atoms with Crippen LogP contribution in [0.2, 0.25) is 0 Å². The van der Waals surface area contributed by atoms with Crippen LogP contribution in [0.3, 0.4) is 0 Å². The third-order valence-electron chi connectivity index (χ3n) is 2.21. The number of rotatable bonds is 4. The summed E-state index contributed by atoms with van der Waals surface area (Å²) in [4.78, 5) is 0. The second-order valence-corrected chi connectivity index (χ2v) is 4.05. The van der Waals surface area contributed by atoms with Crippen molar-refractivity contribution >= 4 is 27.5 Å². The Morgan fingerprint density at radius 2 is 2.00 bits per heavy atom. The van der Waals surface area contributed by atoms with Gasteiger partial charge in [0.2, 0.25) is 0 Å². The molecule has 0 aromatic carbocycles. The topological polar surface area (TPSA) is 0 Å². The Bertz CT molecular complexity index is 80.9. The number of hydrogen-bond acceptors (Lipinski definition) is 0. The summed E-state index contributed by atoms with van der Waals surface area (Å²) in [6, 6.07) is 0. The molecule has 0 amide bonds. The Morgan fingerprint density at radius 1 is 1.33 bits per heavy atom. The van der Waals surface area contributed by atoms with E-state index in [9.17, 15) is 0 Å². The molecule has 0 nitrogen and oxygen atoms in total. The SMILES string of the molecule is ClCCC1(CCBr)CC1. The summed E-state index contributed by atoms with van der Waals surface area (Å²) in [6.45, 7) is 0. The fourth-order valence-electron chi connectivity index (χ4n) is 1.20. The minimum atomic E-state index is 0.672. The van der Waals surface area contributed by atoms with Crippen LogP contribution in [0.15, 0.2) is 0 Å². The highest BCUT2D eigenvalue weighted by atomic mass is 79.9. The van der Waals surface area contributed by atoms with Crippen LogP contribution in [0.25, 0.3) is 0 Å². The molecule has 0 unspecified atom stereocenters. The average Bonchev–Trinajstić information content (AvgIpc) is 2.51. The lowest BCUT2D eigenvalue weighted by molar-refractivity contribution is 0.482. The largest absolute Gasteiger partial charge is 0.127 e. The summed E-state index contributed by atoms with van der Waals surface area (Å²) in [5.41, 5.74) is 0.672. The van der Waals surface area contributed by atoms with E-state index < -0.39 is 0 Å². The molecule has 1 saturated carbocycles. The maximum Gasteiger partial charge on any atom is 0.0228 e. The predicted molar refractivity (Wildman–Crippen MR) is 45.4 cm³/mol. The molecule has 0 aliphatic heterocycles. The first-order valence-electron chi connectivity index (χ1n) is 3.45. The summed E-state index contributed by atoms with van der Waals surface area (Å²) in [6.07, 6.45) is 5.36. The van der Waals surface area contributed by atoms with Gasteiger partial charge in [0.1, 0.15) is 0 Å².